The molecule has 1 atom stereocenters. The summed E-state index contributed by atoms with van der Waals surface area (Å²) in [7, 11) is 0. The molecule has 0 aliphatic carbocycles. The Hall–Kier alpha value is -2.90. The number of rotatable bonds is 4. The van der Waals surface area contributed by atoms with Gasteiger partial charge in [-0.1, -0.05) is 18.2 Å². The molecule has 0 aromatic heterocycles. The van der Waals surface area contributed by atoms with Crippen LogP contribution in [0, 0.1) is 0 Å². The van der Waals surface area contributed by atoms with E-state index in [1.807, 2.05) is 0 Å². The van der Waals surface area contributed by atoms with Crippen molar-refractivity contribution < 1.29 is 28.7 Å². The fourth-order valence-electron chi connectivity index (χ4n) is 2.14. The third kappa shape index (κ3) is 5.30. The van der Waals surface area contributed by atoms with Gasteiger partial charge in [0.2, 0.25) is 5.91 Å². The number of carbonyl (C=O) groups excluding carboxylic acids is 4. The lowest BCUT2D eigenvalue weighted by molar-refractivity contribution is -0.152. The average molecular weight is 348 g/mol. The number of hydrogen-bond donors (Lipinski definition) is 1. The minimum Gasteiger partial charge on any atom is -0.450 e. The Morgan fingerprint density at radius 2 is 1.84 bits per heavy atom. The molecule has 0 bridgehead atoms. The molecule has 134 valence electrons. The molecule has 1 aliphatic rings. The van der Waals surface area contributed by atoms with Gasteiger partial charge in [-0.3, -0.25) is 24.6 Å². The van der Waals surface area contributed by atoms with E-state index in [0.717, 1.165) is 4.90 Å². The number of ether oxygens (including phenoxy) is 2. The van der Waals surface area contributed by atoms with Crippen molar-refractivity contribution in [2.24, 2.45) is 0 Å². The predicted molar refractivity (Wildman–Crippen MR) is 87.7 cm³/mol. The summed E-state index contributed by atoms with van der Waals surface area (Å²) < 4.78 is 10.3. The third-order valence-electron chi connectivity index (χ3n) is 3.17. The number of amides is 3. The minimum atomic E-state index is -1.17. The second-order valence-corrected chi connectivity index (χ2v) is 6.50. The summed E-state index contributed by atoms with van der Waals surface area (Å²) in [6.45, 7) is 4.68. The maximum absolute atomic E-state index is 12.4. The molecule has 0 spiro atoms. The SMILES string of the molecule is CC(C)(C)OC(=O)N(CC(=O)O[C@H]1CC(=O)NC1=O)c1ccccc1. The van der Waals surface area contributed by atoms with E-state index < -0.39 is 42.1 Å². The Morgan fingerprint density at radius 1 is 1.20 bits per heavy atom. The van der Waals surface area contributed by atoms with Gasteiger partial charge < -0.3 is 9.47 Å². The van der Waals surface area contributed by atoms with Crippen LogP contribution in [0.5, 0.6) is 0 Å². The molecule has 25 heavy (non-hydrogen) atoms. The molecule has 1 aromatic carbocycles. The van der Waals surface area contributed by atoms with Gasteiger partial charge in [0.1, 0.15) is 12.1 Å². The van der Waals surface area contributed by atoms with E-state index >= 15 is 0 Å². The van der Waals surface area contributed by atoms with Crippen LogP contribution in [0.1, 0.15) is 27.2 Å². The Bertz CT molecular complexity index is 680. The van der Waals surface area contributed by atoms with Crippen molar-refractivity contribution in [1.82, 2.24) is 5.32 Å². The normalized spacial score (nSPS) is 17.0. The maximum Gasteiger partial charge on any atom is 0.415 e. The molecule has 1 aromatic rings. The summed E-state index contributed by atoms with van der Waals surface area (Å²) in [5, 5.41) is 2.05. The quantitative estimate of drug-likeness (QED) is 0.652. The molecule has 0 radical (unpaired) electrons. The largest absolute Gasteiger partial charge is 0.450 e. The second kappa shape index (κ2) is 7.33. The number of nitrogens with zero attached hydrogens (tertiary/aromatic N) is 1. The van der Waals surface area contributed by atoms with Crippen LogP contribution >= 0.6 is 0 Å². The van der Waals surface area contributed by atoms with Crippen LogP contribution < -0.4 is 10.2 Å². The molecule has 3 amide bonds. The Balaban J connectivity index is 2.10. The van der Waals surface area contributed by atoms with Crippen LogP contribution in [-0.2, 0) is 23.9 Å². The lowest BCUT2D eigenvalue weighted by Crippen LogP contribution is -2.41. The van der Waals surface area contributed by atoms with E-state index in [2.05, 4.69) is 5.32 Å². The molecule has 1 heterocycles. The number of carbonyl (C=O) groups is 4. The van der Waals surface area contributed by atoms with Crippen molar-refractivity contribution in [2.75, 3.05) is 11.4 Å². The van der Waals surface area contributed by atoms with Gasteiger partial charge in [0, 0.05) is 5.69 Å². The van der Waals surface area contributed by atoms with Crippen molar-refractivity contribution >= 4 is 29.6 Å². The van der Waals surface area contributed by atoms with Gasteiger partial charge in [-0.2, -0.15) is 0 Å². The summed E-state index contributed by atoms with van der Waals surface area (Å²) in [4.78, 5) is 48.3. The van der Waals surface area contributed by atoms with Gasteiger partial charge in [0.15, 0.2) is 6.10 Å². The maximum atomic E-state index is 12.4. The third-order valence-corrected chi connectivity index (χ3v) is 3.17. The summed E-state index contributed by atoms with van der Waals surface area (Å²) in [6.07, 6.45) is -2.11. The molecular formula is C17H20N2O6. The molecular weight excluding hydrogens is 328 g/mol. The first-order valence-corrected chi connectivity index (χ1v) is 7.74. The zero-order chi connectivity index (χ0) is 18.6. The number of para-hydroxylation sites is 1. The minimum absolute atomic E-state index is 0.220. The van der Waals surface area contributed by atoms with Crippen LogP contribution in [0.3, 0.4) is 0 Å². The number of anilines is 1. The summed E-state index contributed by atoms with van der Waals surface area (Å²) in [6, 6.07) is 8.47. The first-order valence-electron chi connectivity index (χ1n) is 7.74. The highest BCUT2D eigenvalue weighted by atomic mass is 16.6. The molecule has 8 nitrogen and oxygen atoms in total. The fraction of sp³-hybridized carbons (Fsp3) is 0.412. The number of nitrogens with one attached hydrogen (secondary N) is 1. The number of imide groups is 1. The fourth-order valence-corrected chi connectivity index (χ4v) is 2.14. The van der Waals surface area contributed by atoms with Crippen LogP contribution in [0.15, 0.2) is 30.3 Å². The van der Waals surface area contributed by atoms with Gasteiger partial charge in [0.05, 0.1) is 6.42 Å². The second-order valence-electron chi connectivity index (χ2n) is 6.50. The van der Waals surface area contributed by atoms with Gasteiger partial charge >= 0.3 is 12.1 Å². The zero-order valence-corrected chi connectivity index (χ0v) is 14.3. The van der Waals surface area contributed by atoms with Crippen molar-refractivity contribution in [2.45, 2.75) is 38.9 Å². The summed E-state index contributed by atoms with van der Waals surface area (Å²) >= 11 is 0. The highest BCUT2D eigenvalue weighted by Crippen LogP contribution is 2.18. The van der Waals surface area contributed by atoms with E-state index in [9.17, 15) is 19.2 Å². The molecule has 8 heteroatoms. The highest BCUT2D eigenvalue weighted by Gasteiger charge is 2.35. The summed E-state index contributed by atoms with van der Waals surface area (Å²) in [5.41, 5.74) is -0.299. The molecule has 1 saturated heterocycles. The Labute approximate surface area is 145 Å². The first kappa shape index (κ1) is 18.4. The van der Waals surface area contributed by atoms with Crippen molar-refractivity contribution in [3.63, 3.8) is 0 Å². The molecule has 0 unspecified atom stereocenters. The van der Waals surface area contributed by atoms with E-state index in [1.54, 1.807) is 51.1 Å². The van der Waals surface area contributed by atoms with E-state index in [4.69, 9.17) is 9.47 Å². The predicted octanol–water partition coefficient (Wildman–Crippen LogP) is 1.39. The number of esters is 1. The van der Waals surface area contributed by atoms with Gasteiger partial charge in [-0.15, -0.1) is 0 Å². The number of benzene rings is 1. The molecule has 1 aliphatic heterocycles. The van der Waals surface area contributed by atoms with E-state index in [0.29, 0.717) is 5.69 Å². The van der Waals surface area contributed by atoms with Crippen LogP contribution in [0.25, 0.3) is 0 Å². The van der Waals surface area contributed by atoms with Crippen molar-refractivity contribution in [1.29, 1.82) is 0 Å². The van der Waals surface area contributed by atoms with Gasteiger partial charge in [-0.05, 0) is 32.9 Å². The molecule has 0 saturated carbocycles. The molecule has 2 rings (SSSR count). The highest BCUT2D eigenvalue weighted by molar-refractivity contribution is 6.05. The summed E-state index contributed by atoms with van der Waals surface area (Å²) in [5.74, 6) is -1.98. The lowest BCUT2D eigenvalue weighted by Gasteiger charge is -2.27. The zero-order valence-electron chi connectivity index (χ0n) is 14.3. The van der Waals surface area contributed by atoms with Crippen molar-refractivity contribution in [3.8, 4) is 0 Å². The molecule has 1 fully saturated rings. The van der Waals surface area contributed by atoms with E-state index in [-0.39, 0.29) is 6.42 Å². The lowest BCUT2D eigenvalue weighted by atomic mass is 10.2. The Morgan fingerprint density at radius 3 is 2.36 bits per heavy atom. The van der Waals surface area contributed by atoms with Crippen LogP contribution in [0.2, 0.25) is 0 Å². The van der Waals surface area contributed by atoms with Crippen LogP contribution in [-0.4, -0.2) is 42.1 Å². The first-order chi connectivity index (χ1) is 11.7. The number of hydrogen-bond acceptors (Lipinski definition) is 6. The average Bonchev–Trinajstić information content (AvgIpc) is 2.81. The standard InChI is InChI=1S/C17H20N2O6/c1-17(2,3)25-16(23)19(11-7-5-4-6-8-11)10-14(21)24-12-9-13(20)18-15(12)22/h4-8,12H,9-10H2,1-3H3,(H,18,20,22)/t12-/m0/s1. The van der Waals surface area contributed by atoms with Gasteiger partial charge in [0.25, 0.3) is 5.91 Å². The van der Waals surface area contributed by atoms with E-state index in [1.165, 1.54) is 0 Å². The van der Waals surface area contributed by atoms with Crippen LogP contribution in [0.4, 0.5) is 10.5 Å². The topological polar surface area (TPSA) is 102 Å². The Kier molecular flexibility index (Phi) is 5.41. The molecule has 1 N–H and O–H groups in total. The van der Waals surface area contributed by atoms with Gasteiger partial charge in [-0.25, -0.2) is 4.79 Å². The smallest absolute Gasteiger partial charge is 0.415 e. The van der Waals surface area contributed by atoms with Crippen molar-refractivity contribution in [3.05, 3.63) is 30.3 Å². The monoisotopic (exact) mass is 348 g/mol.